The molecule has 4 rings (SSSR count). The Hall–Kier alpha value is -3.00. The molecule has 1 aromatic carbocycles. The van der Waals surface area contributed by atoms with Crippen molar-refractivity contribution in [1.29, 1.82) is 0 Å². The molecule has 0 aliphatic heterocycles. The Morgan fingerprint density at radius 1 is 1.19 bits per heavy atom. The topological polar surface area (TPSA) is 90.3 Å². The normalized spacial score (nSPS) is 14.5. The summed E-state index contributed by atoms with van der Waals surface area (Å²) in [6.45, 7) is 3.88. The van der Waals surface area contributed by atoms with Crippen molar-refractivity contribution in [2.45, 2.75) is 52.0 Å². The van der Waals surface area contributed by atoms with Gasteiger partial charge < -0.3 is 10.1 Å². The number of aryl methyl sites for hydroxylation is 1. The Balaban J connectivity index is 1.59. The molecule has 7 nitrogen and oxygen atoms in total. The van der Waals surface area contributed by atoms with E-state index in [0.717, 1.165) is 30.6 Å². The van der Waals surface area contributed by atoms with Crippen LogP contribution in [0.15, 0.2) is 35.4 Å². The van der Waals surface area contributed by atoms with Gasteiger partial charge in [0.05, 0.1) is 24.1 Å². The van der Waals surface area contributed by atoms with Crippen LogP contribution in [0.4, 0.5) is 5.69 Å². The second-order valence-corrected chi connectivity index (χ2v) is 8.94. The van der Waals surface area contributed by atoms with Gasteiger partial charge >= 0.3 is 5.97 Å². The van der Waals surface area contributed by atoms with E-state index in [9.17, 15) is 14.4 Å². The maximum Gasteiger partial charge on any atom is 0.338 e. The third kappa shape index (κ3) is 4.25. The van der Waals surface area contributed by atoms with Crippen molar-refractivity contribution in [3.8, 4) is 0 Å². The molecule has 0 atom stereocenters. The Bertz CT molecular complexity index is 1170. The van der Waals surface area contributed by atoms with Crippen molar-refractivity contribution in [2.75, 3.05) is 11.9 Å². The fourth-order valence-electron chi connectivity index (χ4n) is 4.07. The van der Waals surface area contributed by atoms with Gasteiger partial charge in [0, 0.05) is 16.6 Å². The van der Waals surface area contributed by atoms with Crippen molar-refractivity contribution < 1.29 is 14.3 Å². The highest BCUT2D eigenvalue weighted by Crippen LogP contribution is 2.30. The molecule has 0 spiro atoms. The number of rotatable bonds is 5. The van der Waals surface area contributed by atoms with Crippen LogP contribution in [0.3, 0.4) is 0 Å². The zero-order valence-corrected chi connectivity index (χ0v) is 18.5. The molecule has 1 fully saturated rings. The molecule has 2 heterocycles. The molecule has 1 amide bonds. The number of hydrogen-bond acceptors (Lipinski definition) is 6. The third-order valence-electron chi connectivity index (χ3n) is 5.65. The maximum absolute atomic E-state index is 13.1. The van der Waals surface area contributed by atoms with Crippen molar-refractivity contribution in [3.63, 3.8) is 0 Å². The van der Waals surface area contributed by atoms with Crippen LogP contribution in [-0.4, -0.2) is 28.0 Å². The number of benzene rings is 1. The van der Waals surface area contributed by atoms with E-state index in [4.69, 9.17) is 4.74 Å². The summed E-state index contributed by atoms with van der Waals surface area (Å²) in [4.78, 5) is 43.1. The number of nitrogens with one attached hydrogen (secondary N) is 1. The molecule has 8 heteroatoms. The van der Waals surface area contributed by atoms with Gasteiger partial charge in [0.1, 0.15) is 10.2 Å². The van der Waals surface area contributed by atoms with Gasteiger partial charge in [-0.1, -0.05) is 19.3 Å². The van der Waals surface area contributed by atoms with E-state index in [1.807, 2.05) is 6.92 Å². The van der Waals surface area contributed by atoms with Crippen LogP contribution >= 0.6 is 11.3 Å². The van der Waals surface area contributed by atoms with Gasteiger partial charge in [-0.2, -0.15) is 0 Å². The molecule has 0 bridgehead atoms. The predicted octanol–water partition coefficient (Wildman–Crippen LogP) is 4.70. The Morgan fingerprint density at radius 2 is 1.90 bits per heavy atom. The number of aromatic nitrogens is 2. The summed E-state index contributed by atoms with van der Waals surface area (Å²) in [6.07, 6.45) is 7.05. The molecule has 3 aromatic rings. The Kier molecular flexibility index (Phi) is 6.18. The largest absolute Gasteiger partial charge is 0.462 e. The first kappa shape index (κ1) is 21.2. The molecule has 2 aromatic heterocycles. The number of carbonyl (C=O) groups is 2. The van der Waals surface area contributed by atoms with Gasteiger partial charge in [0.25, 0.3) is 11.5 Å². The number of carbonyl (C=O) groups excluding carboxylic acids is 2. The Labute approximate surface area is 184 Å². The van der Waals surface area contributed by atoms with Crippen LogP contribution in [0.25, 0.3) is 10.2 Å². The molecule has 1 aliphatic rings. The van der Waals surface area contributed by atoms with Crippen molar-refractivity contribution >= 4 is 39.1 Å². The van der Waals surface area contributed by atoms with Crippen molar-refractivity contribution in [1.82, 2.24) is 9.55 Å². The number of thiophene rings is 1. The number of hydrogen-bond donors (Lipinski definition) is 1. The van der Waals surface area contributed by atoms with Crippen LogP contribution in [0, 0.1) is 6.92 Å². The van der Waals surface area contributed by atoms with Gasteiger partial charge in [-0.05, 0) is 51.0 Å². The van der Waals surface area contributed by atoms with E-state index >= 15 is 0 Å². The number of esters is 1. The van der Waals surface area contributed by atoms with Gasteiger partial charge in [-0.25, -0.2) is 9.78 Å². The highest BCUT2D eigenvalue weighted by Gasteiger charge is 2.23. The fourth-order valence-corrected chi connectivity index (χ4v) is 5.12. The van der Waals surface area contributed by atoms with Gasteiger partial charge in [-0.15, -0.1) is 11.3 Å². The number of fused-ring (bicyclic) bond motifs is 1. The van der Waals surface area contributed by atoms with Gasteiger partial charge in [0.2, 0.25) is 0 Å². The predicted molar refractivity (Wildman–Crippen MR) is 121 cm³/mol. The quantitative estimate of drug-likeness (QED) is 0.582. The zero-order valence-electron chi connectivity index (χ0n) is 17.6. The number of amides is 1. The van der Waals surface area contributed by atoms with Gasteiger partial charge in [-0.3, -0.25) is 14.2 Å². The van der Waals surface area contributed by atoms with E-state index in [1.165, 1.54) is 17.8 Å². The molecular weight excluding hydrogens is 414 g/mol. The van der Waals surface area contributed by atoms with Crippen LogP contribution < -0.4 is 10.9 Å². The van der Waals surface area contributed by atoms with Crippen LogP contribution in [0.5, 0.6) is 0 Å². The molecular formula is C23H25N3O4S. The molecule has 1 aliphatic carbocycles. The maximum atomic E-state index is 13.1. The first-order chi connectivity index (χ1) is 15.0. The average Bonchev–Trinajstić information content (AvgIpc) is 3.12. The minimum absolute atomic E-state index is 0.0668. The third-order valence-corrected chi connectivity index (χ3v) is 6.73. The minimum atomic E-state index is -0.404. The number of nitrogens with zero attached hydrogens (tertiary/aromatic N) is 2. The van der Waals surface area contributed by atoms with E-state index in [0.29, 0.717) is 33.6 Å². The lowest BCUT2D eigenvalue weighted by atomic mass is 9.95. The SMILES string of the molecule is CCOC(=O)c1ccc(NC(=O)c2c(C)sc3c(=O)n(C4CCCCC4)cnc23)cc1. The van der Waals surface area contributed by atoms with E-state index in [2.05, 4.69) is 10.3 Å². The molecule has 1 saturated carbocycles. The number of ether oxygens (including phenoxy) is 1. The van der Waals surface area contributed by atoms with Crippen LogP contribution in [0.2, 0.25) is 0 Å². The highest BCUT2D eigenvalue weighted by atomic mass is 32.1. The summed E-state index contributed by atoms with van der Waals surface area (Å²) in [5.74, 6) is -0.728. The second kappa shape index (κ2) is 9.01. The highest BCUT2D eigenvalue weighted by molar-refractivity contribution is 7.19. The van der Waals surface area contributed by atoms with E-state index in [-0.39, 0.29) is 17.5 Å². The van der Waals surface area contributed by atoms with Crippen LogP contribution in [-0.2, 0) is 4.74 Å². The standard InChI is InChI=1S/C23H25N3O4S/c1-3-30-23(29)15-9-11-16(12-10-15)25-21(27)18-14(2)31-20-19(18)24-13-26(22(20)28)17-7-5-4-6-8-17/h9-13,17H,3-8H2,1-2H3,(H,25,27). The van der Waals surface area contributed by atoms with Gasteiger partial charge in [0.15, 0.2) is 0 Å². The lowest BCUT2D eigenvalue weighted by Gasteiger charge is -2.23. The lowest BCUT2D eigenvalue weighted by Crippen LogP contribution is -2.26. The fraction of sp³-hybridized carbons (Fsp3) is 0.391. The monoisotopic (exact) mass is 439 g/mol. The summed E-state index contributed by atoms with van der Waals surface area (Å²) >= 11 is 1.32. The summed E-state index contributed by atoms with van der Waals surface area (Å²) in [5.41, 5.74) is 1.76. The second-order valence-electron chi connectivity index (χ2n) is 7.71. The summed E-state index contributed by atoms with van der Waals surface area (Å²) < 4.78 is 7.24. The van der Waals surface area contributed by atoms with E-state index in [1.54, 1.807) is 42.1 Å². The summed E-state index contributed by atoms with van der Waals surface area (Å²) in [6, 6.07) is 6.70. The summed E-state index contributed by atoms with van der Waals surface area (Å²) in [7, 11) is 0. The molecule has 162 valence electrons. The zero-order chi connectivity index (χ0) is 22.0. The Morgan fingerprint density at radius 3 is 2.58 bits per heavy atom. The van der Waals surface area contributed by atoms with Crippen LogP contribution in [0.1, 0.15) is 70.7 Å². The van der Waals surface area contributed by atoms with Crippen molar-refractivity contribution in [3.05, 3.63) is 57.0 Å². The first-order valence-corrected chi connectivity index (χ1v) is 11.4. The number of anilines is 1. The first-order valence-electron chi connectivity index (χ1n) is 10.6. The van der Waals surface area contributed by atoms with E-state index < -0.39 is 5.97 Å². The van der Waals surface area contributed by atoms with Crippen molar-refractivity contribution in [2.24, 2.45) is 0 Å². The molecule has 1 N–H and O–H groups in total. The molecule has 0 unspecified atom stereocenters. The average molecular weight is 440 g/mol. The smallest absolute Gasteiger partial charge is 0.338 e. The lowest BCUT2D eigenvalue weighted by molar-refractivity contribution is 0.0526. The summed E-state index contributed by atoms with van der Waals surface area (Å²) in [5, 5.41) is 2.84. The molecule has 0 saturated heterocycles. The molecule has 0 radical (unpaired) electrons. The minimum Gasteiger partial charge on any atom is -0.462 e. The molecule has 31 heavy (non-hydrogen) atoms.